The van der Waals surface area contributed by atoms with Gasteiger partial charge in [-0.2, -0.15) is 0 Å². The highest BCUT2D eigenvalue weighted by molar-refractivity contribution is 5.76. The molecule has 1 rings (SSSR count). The minimum Gasteiger partial charge on any atom is -0.394 e. The fourth-order valence-corrected chi connectivity index (χ4v) is 6.57. The van der Waals surface area contributed by atoms with Crippen molar-refractivity contribution in [1.82, 2.24) is 5.32 Å². The summed E-state index contributed by atoms with van der Waals surface area (Å²) in [6.07, 6.45) is 24.4. The molecule has 7 atom stereocenters. The third-order valence-electron chi connectivity index (χ3n) is 9.71. The highest BCUT2D eigenvalue weighted by atomic mass is 16.5. The lowest BCUT2D eigenvalue weighted by atomic mass is 9.90. The van der Waals surface area contributed by atoms with E-state index in [1.54, 1.807) is 6.92 Å². The Kier molecular flexibility index (Phi) is 26.5. The van der Waals surface area contributed by atoms with Crippen molar-refractivity contribution < 1.29 is 35.1 Å². The molecule has 0 radical (unpaired) electrons. The van der Waals surface area contributed by atoms with Crippen LogP contribution in [-0.4, -0.2) is 80.7 Å². The maximum Gasteiger partial charge on any atom is 0.220 e. The first-order valence-electron chi connectivity index (χ1n) is 19.1. The van der Waals surface area contributed by atoms with Gasteiger partial charge in [0.1, 0.15) is 24.4 Å². The molecule has 268 valence electrons. The number of ether oxygens (including phenoxy) is 1. The molecule has 0 saturated carbocycles. The van der Waals surface area contributed by atoms with Crippen LogP contribution in [0, 0.1) is 0 Å². The van der Waals surface area contributed by atoms with Gasteiger partial charge < -0.3 is 35.6 Å². The molecule has 1 amide bonds. The zero-order valence-corrected chi connectivity index (χ0v) is 29.2. The molecule has 0 spiro atoms. The summed E-state index contributed by atoms with van der Waals surface area (Å²) in [4.78, 5) is 12.6. The Hall–Kier alpha value is -0.770. The lowest BCUT2D eigenvalue weighted by molar-refractivity contribution is -0.232. The molecule has 1 heterocycles. The number of amides is 1. The van der Waals surface area contributed by atoms with Gasteiger partial charge in [-0.15, -0.1) is 0 Å². The second-order valence-corrected chi connectivity index (χ2v) is 13.8. The molecule has 8 heteroatoms. The predicted molar refractivity (Wildman–Crippen MR) is 183 cm³/mol. The van der Waals surface area contributed by atoms with Gasteiger partial charge in [-0.25, -0.2) is 0 Å². The number of aliphatic hydroxyl groups excluding tert-OH is 5. The van der Waals surface area contributed by atoms with Crippen LogP contribution in [0.25, 0.3) is 0 Å². The summed E-state index contributed by atoms with van der Waals surface area (Å²) in [6, 6.07) is -0.659. The topological polar surface area (TPSA) is 139 Å². The van der Waals surface area contributed by atoms with Gasteiger partial charge in [0.05, 0.1) is 24.9 Å². The standard InChI is InChI=1S/C37H73NO7/c1-3-5-6-7-8-9-10-11-12-13-14-15-16-17-18-19-20-21-22-23-24-25-26-27-34(41)38-30(31(40)4-2)28-32-35(42)37(44)36(43)33(29-39)45-32/h30-33,35-37,39-40,42-44H,3-29H2,1-2H3,(H,38,41)/t30-,31-,32?,33-,35+,36+,37-/m1/s1. The van der Waals surface area contributed by atoms with Crippen LogP contribution in [-0.2, 0) is 9.53 Å². The maximum atomic E-state index is 12.6. The average molecular weight is 644 g/mol. The van der Waals surface area contributed by atoms with Crippen molar-refractivity contribution in [2.45, 2.75) is 223 Å². The number of aliphatic hydroxyl groups is 5. The van der Waals surface area contributed by atoms with Crippen LogP contribution in [0.4, 0.5) is 0 Å². The van der Waals surface area contributed by atoms with Crippen LogP contribution < -0.4 is 5.32 Å². The molecule has 0 aromatic heterocycles. The third-order valence-corrected chi connectivity index (χ3v) is 9.71. The lowest BCUT2D eigenvalue weighted by Crippen LogP contribution is -2.60. The Bertz CT molecular complexity index is 679. The van der Waals surface area contributed by atoms with Crippen molar-refractivity contribution in [3.8, 4) is 0 Å². The molecule has 0 aromatic carbocycles. The van der Waals surface area contributed by atoms with E-state index in [0.717, 1.165) is 19.3 Å². The first-order chi connectivity index (χ1) is 21.8. The highest BCUT2D eigenvalue weighted by Crippen LogP contribution is 2.25. The Morgan fingerprint density at radius 2 is 0.978 bits per heavy atom. The van der Waals surface area contributed by atoms with Gasteiger partial charge in [-0.1, -0.05) is 155 Å². The molecule has 0 aromatic rings. The normalized spacial score (nSPS) is 23.2. The number of rotatable bonds is 30. The average Bonchev–Trinajstić information content (AvgIpc) is 3.04. The fraction of sp³-hybridized carbons (Fsp3) is 0.973. The van der Waals surface area contributed by atoms with Gasteiger partial charge in [-0.05, 0) is 19.3 Å². The molecule has 6 N–H and O–H groups in total. The fourth-order valence-electron chi connectivity index (χ4n) is 6.57. The van der Waals surface area contributed by atoms with Crippen molar-refractivity contribution in [3.05, 3.63) is 0 Å². The van der Waals surface area contributed by atoms with E-state index in [2.05, 4.69) is 12.2 Å². The molecule has 0 bridgehead atoms. The van der Waals surface area contributed by atoms with Crippen LogP contribution in [0.3, 0.4) is 0 Å². The van der Waals surface area contributed by atoms with Crippen LogP contribution in [0.15, 0.2) is 0 Å². The molecule has 1 fully saturated rings. The molecular formula is C37H73NO7. The molecule has 8 nitrogen and oxygen atoms in total. The van der Waals surface area contributed by atoms with E-state index < -0.39 is 49.3 Å². The van der Waals surface area contributed by atoms with Crippen molar-refractivity contribution >= 4 is 5.91 Å². The molecule has 45 heavy (non-hydrogen) atoms. The Morgan fingerprint density at radius 1 is 0.600 bits per heavy atom. The number of hydrogen-bond donors (Lipinski definition) is 6. The lowest BCUT2D eigenvalue weighted by Gasteiger charge is -2.41. The third kappa shape index (κ3) is 20.3. The monoisotopic (exact) mass is 644 g/mol. The van der Waals surface area contributed by atoms with E-state index in [4.69, 9.17) is 4.74 Å². The van der Waals surface area contributed by atoms with E-state index in [9.17, 15) is 30.3 Å². The van der Waals surface area contributed by atoms with Crippen molar-refractivity contribution in [3.63, 3.8) is 0 Å². The highest BCUT2D eigenvalue weighted by Gasteiger charge is 2.44. The molecular weight excluding hydrogens is 570 g/mol. The first kappa shape index (κ1) is 42.3. The maximum absolute atomic E-state index is 12.6. The molecule has 1 saturated heterocycles. The minimum absolute atomic E-state index is 0.0710. The summed E-state index contributed by atoms with van der Waals surface area (Å²) in [7, 11) is 0. The summed E-state index contributed by atoms with van der Waals surface area (Å²) in [5.41, 5.74) is 0. The minimum atomic E-state index is -1.47. The van der Waals surface area contributed by atoms with Gasteiger partial charge in [0.15, 0.2) is 0 Å². The second kappa shape index (κ2) is 28.3. The number of nitrogens with one attached hydrogen (secondary N) is 1. The molecule has 0 aliphatic carbocycles. The van der Waals surface area contributed by atoms with Crippen molar-refractivity contribution in [2.24, 2.45) is 0 Å². The van der Waals surface area contributed by atoms with Gasteiger partial charge in [0.2, 0.25) is 5.91 Å². The van der Waals surface area contributed by atoms with Crippen LogP contribution >= 0.6 is 0 Å². The van der Waals surface area contributed by atoms with Gasteiger partial charge in [0, 0.05) is 6.42 Å². The quantitative estimate of drug-likeness (QED) is 0.0470. The van der Waals surface area contributed by atoms with Crippen LogP contribution in [0.1, 0.15) is 181 Å². The first-order valence-corrected chi connectivity index (χ1v) is 19.1. The molecule has 1 unspecified atom stereocenters. The van der Waals surface area contributed by atoms with Gasteiger partial charge in [-0.3, -0.25) is 4.79 Å². The Morgan fingerprint density at radius 3 is 1.36 bits per heavy atom. The molecule has 1 aliphatic rings. The summed E-state index contributed by atoms with van der Waals surface area (Å²) in [5.74, 6) is -0.152. The predicted octanol–water partition coefficient (Wildman–Crippen LogP) is 6.86. The number of carbonyl (C=O) groups is 1. The number of unbranched alkanes of at least 4 members (excludes halogenated alkanes) is 22. The van der Waals surface area contributed by atoms with E-state index in [1.807, 2.05) is 0 Å². The largest absolute Gasteiger partial charge is 0.394 e. The zero-order valence-electron chi connectivity index (χ0n) is 29.2. The van der Waals surface area contributed by atoms with Gasteiger partial charge in [0.25, 0.3) is 0 Å². The van der Waals surface area contributed by atoms with Crippen LogP contribution in [0.2, 0.25) is 0 Å². The van der Waals surface area contributed by atoms with Gasteiger partial charge >= 0.3 is 0 Å². The van der Waals surface area contributed by atoms with Crippen LogP contribution in [0.5, 0.6) is 0 Å². The van der Waals surface area contributed by atoms with Crippen molar-refractivity contribution in [1.29, 1.82) is 0 Å². The summed E-state index contributed by atoms with van der Waals surface area (Å²) >= 11 is 0. The Labute approximate surface area is 276 Å². The number of hydrogen-bond acceptors (Lipinski definition) is 7. The summed E-state index contributed by atoms with van der Waals surface area (Å²) < 4.78 is 5.58. The van der Waals surface area contributed by atoms with E-state index in [0.29, 0.717) is 12.8 Å². The Balaban J connectivity index is 1.98. The summed E-state index contributed by atoms with van der Waals surface area (Å²) in [6.45, 7) is 3.58. The van der Waals surface area contributed by atoms with E-state index in [1.165, 1.54) is 128 Å². The second-order valence-electron chi connectivity index (χ2n) is 13.8. The van der Waals surface area contributed by atoms with Crippen molar-refractivity contribution in [2.75, 3.05) is 6.61 Å². The SMILES string of the molecule is CCCCCCCCCCCCCCCCCCCCCCCCCC(=O)N[C@H](CC1O[C@H](CO)[C@H](O)[C@H](O)[C@H]1O)[C@H](O)CC. The zero-order chi connectivity index (χ0) is 33.1. The smallest absolute Gasteiger partial charge is 0.220 e. The van der Waals surface area contributed by atoms with E-state index >= 15 is 0 Å². The summed E-state index contributed by atoms with van der Waals surface area (Å²) in [5, 5.41) is 53.2. The number of carbonyl (C=O) groups excluding carboxylic acids is 1. The molecule has 1 aliphatic heterocycles. The van der Waals surface area contributed by atoms with E-state index in [-0.39, 0.29) is 12.3 Å².